The van der Waals surface area contributed by atoms with Gasteiger partial charge in [-0.1, -0.05) is 35.3 Å². The Bertz CT molecular complexity index is 822. The van der Waals surface area contributed by atoms with E-state index in [1.165, 1.54) is 7.11 Å². The first-order valence-corrected chi connectivity index (χ1v) is 9.10. The highest BCUT2D eigenvalue weighted by molar-refractivity contribution is 7.89. The van der Waals surface area contributed by atoms with Gasteiger partial charge in [0, 0.05) is 16.1 Å². The van der Waals surface area contributed by atoms with E-state index in [0.29, 0.717) is 15.6 Å². The quantitative estimate of drug-likeness (QED) is 0.847. The van der Waals surface area contributed by atoms with Gasteiger partial charge in [-0.3, -0.25) is 0 Å². The second-order valence-corrected chi connectivity index (χ2v) is 7.69. The van der Waals surface area contributed by atoms with Crippen LogP contribution in [0.5, 0.6) is 5.75 Å². The lowest BCUT2D eigenvalue weighted by Gasteiger charge is -2.17. The summed E-state index contributed by atoms with van der Waals surface area (Å²) in [7, 11) is -2.33. The molecule has 7 heteroatoms. The number of hydrogen-bond donors (Lipinski definition) is 1. The van der Waals surface area contributed by atoms with E-state index in [0.717, 1.165) is 5.56 Å². The van der Waals surface area contributed by atoms with Crippen molar-refractivity contribution in [2.24, 2.45) is 0 Å². The fourth-order valence-electron chi connectivity index (χ4n) is 2.21. The third-order valence-corrected chi connectivity index (χ3v) is 5.49. The highest BCUT2D eigenvalue weighted by Gasteiger charge is 2.23. The number of methoxy groups -OCH3 is 1. The van der Waals surface area contributed by atoms with Crippen molar-refractivity contribution in [3.05, 3.63) is 57.6 Å². The van der Waals surface area contributed by atoms with E-state index in [9.17, 15) is 8.42 Å². The summed E-state index contributed by atoms with van der Waals surface area (Å²) in [5, 5.41) is 0.901. The molecule has 23 heavy (non-hydrogen) atoms. The number of halogens is 2. The second-order valence-electron chi connectivity index (χ2n) is 5.16. The van der Waals surface area contributed by atoms with Crippen LogP contribution in [0, 0.1) is 6.92 Å². The highest BCUT2D eigenvalue weighted by Crippen LogP contribution is 2.29. The molecule has 2 aromatic rings. The van der Waals surface area contributed by atoms with E-state index in [2.05, 4.69) is 4.72 Å². The summed E-state index contributed by atoms with van der Waals surface area (Å²) < 4.78 is 33.1. The number of rotatable bonds is 5. The van der Waals surface area contributed by atoms with Crippen LogP contribution in [-0.4, -0.2) is 15.5 Å². The van der Waals surface area contributed by atoms with Gasteiger partial charge in [-0.2, -0.15) is 0 Å². The largest absolute Gasteiger partial charge is 0.495 e. The molecule has 0 amide bonds. The Morgan fingerprint density at radius 1 is 1.13 bits per heavy atom. The Kier molecular flexibility index (Phi) is 5.57. The zero-order valence-corrected chi connectivity index (χ0v) is 15.3. The third kappa shape index (κ3) is 4.18. The van der Waals surface area contributed by atoms with Crippen LogP contribution in [0.3, 0.4) is 0 Å². The summed E-state index contributed by atoms with van der Waals surface area (Å²) in [4.78, 5) is 0.0944. The first-order chi connectivity index (χ1) is 10.7. The standard InChI is InChI=1S/C16H17Cl2NO3S/c1-10-4-7-15(22-3)16(8-10)23(20,21)19-11(2)13-6-5-12(17)9-14(13)18/h4-9,11,19H,1-3H3/t11-/m1/s1. The van der Waals surface area contributed by atoms with Gasteiger partial charge in [0.1, 0.15) is 10.6 Å². The van der Waals surface area contributed by atoms with Crippen molar-refractivity contribution in [1.82, 2.24) is 4.72 Å². The van der Waals surface area contributed by atoms with E-state index in [4.69, 9.17) is 27.9 Å². The molecule has 0 aliphatic carbocycles. The van der Waals surface area contributed by atoms with E-state index >= 15 is 0 Å². The molecular weight excluding hydrogens is 357 g/mol. The van der Waals surface area contributed by atoms with Crippen molar-refractivity contribution in [1.29, 1.82) is 0 Å². The summed E-state index contributed by atoms with van der Waals surface area (Å²) in [5.41, 5.74) is 1.47. The maximum absolute atomic E-state index is 12.7. The molecule has 2 aromatic carbocycles. The molecule has 4 nitrogen and oxygen atoms in total. The molecule has 0 fully saturated rings. The number of ether oxygens (including phenoxy) is 1. The van der Waals surface area contributed by atoms with Crippen LogP contribution in [0.4, 0.5) is 0 Å². The zero-order chi connectivity index (χ0) is 17.2. The van der Waals surface area contributed by atoms with Gasteiger partial charge in [0.05, 0.1) is 7.11 Å². The summed E-state index contributed by atoms with van der Waals surface area (Å²) in [6, 6.07) is 9.41. The number of benzene rings is 2. The van der Waals surface area contributed by atoms with Crippen molar-refractivity contribution in [3.63, 3.8) is 0 Å². The van der Waals surface area contributed by atoms with E-state index in [1.807, 2.05) is 6.92 Å². The lowest BCUT2D eigenvalue weighted by Crippen LogP contribution is -2.27. The topological polar surface area (TPSA) is 55.4 Å². The van der Waals surface area contributed by atoms with E-state index in [-0.39, 0.29) is 10.6 Å². The normalized spacial score (nSPS) is 12.9. The Morgan fingerprint density at radius 3 is 2.43 bits per heavy atom. The molecule has 0 unspecified atom stereocenters. The predicted octanol–water partition coefficient (Wildman–Crippen LogP) is 4.35. The molecular formula is C16H17Cl2NO3S. The van der Waals surface area contributed by atoms with Gasteiger partial charge in [-0.05, 0) is 49.2 Å². The van der Waals surface area contributed by atoms with E-state index < -0.39 is 16.1 Å². The Hall–Kier alpha value is -1.27. The number of sulfonamides is 1. The zero-order valence-electron chi connectivity index (χ0n) is 12.9. The van der Waals surface area contributed by atoms with Crippen LogP contribution < -0.4 is 9.46 Å². The first-order valence-electron chi connectivity index (χ1n) is 6.86. The summed E-state index contributed by atoms with van der Waals surface area (Å²) in [5.74, 6) is 0.289. The summed E-state index contributed by atoms with van der Waals surface area (Å²) in [6.45, 7) is 3.53. The van der Waals surface area contributed by atoms with Crippen LogP contribution in [0.15, 0.2) is 41.3 Å². The Morgan fingerprint density at radius 2 is 1.83 bits per heavy atom. The lowest BCUT2D eigenvalue weighted by molar-refractivity contribution is 0.402. The molecule has 0 saturated heterocycles. The minimum absolute atomic E-state index is 0.0944. The minimum Gasteiger partial charge on any atom is -0.495 e. The van der Waals surface area contributed by atoms with Crippen LogP contribution in [0.2, 0.25) is 10.0 Å². The smallest absolute Gasteiger partial charge is 0.244 e. The predicted molar refractivity (Wildman–Crippen MR) is 92.9 cm³/mol. The fraction of sp³-hybridized carbons (Fsp3) is 0.250. The van der Waals surface area contributed by atoms with Crippen molar-refractivity contribution in [2.75, 3.05) is 7.11 Å². The average molecular weight is 374 g/mol. The number of aryl methyl sites for hydroxylation is 1. The summed E-state index contributed by atoms with van der Waals surface area (Å²) >= 11 is 12.0. The van der Waals surface area contributed by atoms with Crippen molar-refractivity contribution >= 4 is 33.2 Å². The van der Waals surface area contributed by atoms with Crippen molar-refractivity contribution in [3.8, 4) is 5.75 Å². The van der Waals surface area contributed by atoms with E-state index in [1.54, 1.807) is 43.3 Å². The van der Waals surface area contributed by atoms with Crippen molar-refractivity contribution in [2.45, 2.75) is 24.8 Å². The van der Waals surface area contributed by atoms with Gasteiger partial charge in [-0.15, -0.1) is 0 Å². The molecule has 1 N–H and O–H groups in total. The monoisotopic (exact) mass is 373 g/mol. The number of hydrogen-bond acceptors (Lipinski definition) is 3. The number of nitrogens with one attached hydrogen (secondary N) is 1. The molecule has 2 rings (SSSR count). The molecule has 124 valence electrons. The first kappa shape index (κ1) is 18.1. The molecule has 0 aliphatic heterocycles. The summed E-state index contributed by atoms with van der Waals surface area (Å²) in [6.07, 6.45) is 0. The lowest BCUT2D eigenvalue weighted by atomic mass is 10.1. The average Bonchev–Trinajstić information content (AvgIpc) is 2.46. The third-order valence-electron chi connectivity index (χ3n) is 3.37. The minimum atomic E-state index is -3.77. The molecule has 0 saturated carbocycles. The maximum Gasteiger partial charge on any atom is 0.244 e. The van der Waals surface area contributed by atoms with Crippen LogP contribution in [0.25, 0.3) is 0 Å². The highest BCUT2D eigenvalue weighted by atomic mass is 35.5. The Labute approximate surface area is 146 Å². The molecule has 1 atom stereocenters. The van der Waals surface area contributed by atoms with Gasteiger partial charge >= 0.3 is 0 Å². The molecule has 0 aliphatic rings. The van der Waals surface area contributed by atoms with Gasteiger partial charge in [0.2, 0.25) is 10.0 Å². The maximum atomic E-state index is 12.7. The van der Waals surface area contributed by atoms with Gasteiger partial charge in [-0.25, -0.2) is 13.1 Å². The molecule has 0 bridgehead atoms. The fourth-order valence-corrected chi connectivity index (χ4v) is 4.26. The molecule has 0 radical (unpaired) electrons. The van der Waals surface area contributed by atoms with Gasteiger partial charge < -0.3 is 4.74 Å². The van der Waals surface area contributed by atoms with Crippen LogP contribution in [-0.2, 0) is 10.0 Å². The SMILES string of the molecule is COc1ccc(C)cc1S(=O)(=O)N[C@H](C)c1ccc(Cl)cc1Cl. The van der Waals surface area contributed by atoms with Gasteiger partial charge in [0.25, 0.3) is 0 Å². The van der Waals surface area contributed by atoms with Crippen molar-refractivity contribution < 1.29 is 13.2 Å². The molecule has 0 aromatic heterocycles. The Balaban J connectivity index is 2.36. The van der Waals surface area contributed by atoms with Gasteiger partial charge in [0.15, 0.2) is 0 Å². The van der Waals surface area contributed by atoms with Crippen LogP contribution in [0.1, 0.15) is 24.1 Å². The second kappa shape index (κ2) is 7.09. The molecule has 0 heterocycles. The molecule has 0 spiro atoms. The van der Waals surface area contributed by atoms with Crippen LogP contribution >= 0.6 is 23.2 Å².